The molecule has 4 heteroatoms. The third kappa shape index (κ3) is 3.69. The summed E-state index contributed by atoms with van der Waals surface area (Å²) in [5.41, 5.74) is 5.85. The zero-order valence-electron chi connectivity index (χ0n) is 11.4. The van der Waals surface area contributed by atoms with Crippen LogP contribution in [0, 0.1) is 0 Å². The molecule has 0 aromatic rings. The van der Waals surface area contributed by atoms with Crippen molar-refractivity contribution in [2.75, 3.05) is 13.2 Å². The minimum Gasteiger partial charge on any atom is -0.378 e. The van der Waals surface area contributed by atoms with Crippen LogP contribution in [0.1, 0.15) is 51.9 Å². The van der Waals surface area contributed by atoms with E-state index < -0.39 is 0 Å². The topological polar surface area (TPSA) is 55.6 Å². The molecule has 0 aromatic carbocycles. The third-order valence-corrected chi connectivity index (χ3v) is 4.05. The van der Waals surface area contributed by atoms with Crippen LogP contribution in [0.2, 0.25) is 0 Å². The minimum absolute atomic E-state index is 0.182. The van der Waals surface area contributed by atoms with E-state index in [1.54, 1.807) is 0 Å². The Morgan fingerprint density at radius 3 is 2.94 bits per heavy atom. The molecule has 0 aromatic heterocycles. The van der Waals surface area contributed by atoms with Crippen LogP contribution in [0.3, 0.4) is 0 Å². The second kappa shape index (κ2) is 6.53. The highest BCUT2D eigenvalue weighted by Crippen LogP contribution is 2.23. The summed E-state index contributed by atoms with van der Waals surface area (Å²) in [7, 11) is 0. The van der Waals surface area contributed by atoms with Gasteiger partial charge in [0, 0.05) is 31.7 Å². The van der Waals surface area contributed by atoms with Crippen molar-refractivity contribution in [1.29, 1.82) is 0 Å². The molecule has 0 bridgehead atoms. The van der Waals surface area contributed by atoms with Crippen molar-refractivity contribution in [2.45, 2.75) is 70.1 Å². The molecule has 2 rings (SSSR count). The number of hydrogen-bond acceptors (Lipinski definition) is 3. The van der Waals surface area contributed by atoms with Crippen molar-refractivity contribution in [3.8, 4) is 0 Å². The SMILES string of the molecule is CC(N)CC1CCCN1C(=O)CCC1CCCO1. The Hall–Kier alpha value is -0.610. The Morgan fingerprint density at radius 1 is 1.44 bits per heavy atom. The van der Waals surface area contributed by atoms with Crippen LogP contribution in [0.15, 0.2) is 0 Å². The number of carbonyl (C=O) groups excluding carboxylic acids is 1. The van der Waals surface area contributed by atoms with Crippen LogP contribution >= 0.6 is 0 Å². The number of hydrogen-bond donors (Lipinski definition) is 1. The van der Waals surface area contributed by atoms with Crippen LogP contribution in [-0.4, -0.2) is 42.1 Å². The predicted molar refractivity (Wildman–Crippen MR) is 71.2 cm³/mol. The molecule has 3 atom stereocenters. The standard InChI is InChI=1S/C14H26N2O2/c1-11(15)10-12-4-2-8-16(12)14(17)7-6-13-5-3-9-18-13/h11-13H,2-10,15H2,1H3. The van der Waals surface area contributed by atoms with E-state index >= 15 is 0 Å². The molecule has 2 saturated heterocycles. The number of nitrogens with zero attached hydrogens (tertiary/aromatic N) is 1. The second-order valence-electron chi connectivity index (χ2n) is 5.77. The van der Waals surface area contributed by atoms with E-state index in [4.69, 9.17) is 10.5 Å². The van der Waals surface area contributed by atoms with E-state index in [9.17, 15) is 4.79 Å². The van der Waals surface area contributed by atoms with Gasteiger partial charge in [0.15, 0.2) is 0 Å². The van der Waals surface area contributed by atoms with E-state index in [2.05, 4.69) is 4.90 Å². The largest absolute Gasteiger partial charge is 0.378 e. The molecule has 2 fully saturated rings. The third-order valence-electron chi connectivity index (χ3n) is 4.05. The van der Waals surface area contributed by atoms with Crippen LogP contribution in [-0.2, 0) is 9.53 Å². The van der Waals surface area contributed by atoms with E-state index in [0.29, 0.717) is 24.5 Å². The number of carbonyl (C=O) groups is 1. The Balaban J connectivity index is 1.76. The lowest BCUT2D eigenvalue weighted by Crippen LogP contribution is -2.38. The Bertz CT molecular complexity index is 275. The quantitative estimate of drug-likeness (QED) is 0.812. The maximum absolute atomic E-state index is 12.2. The van der Waals surface area contributed by atoms with Gasteiger partial charge in [0.1, 0.15) is 0 Å². The molecule has 0 radical (unpaired) electrons. The number of likely N-dealkylation sites (tertiary alicyclic amines) is 1. The van der Waals surface area contributed by atoms with Gasteiger partial charge in [-0.05, 0) is 45.4 Å². The first-order chi connectivity index (χ1) is 8.66. The highest BCUT2D eigenvalue weighted by molar-refractivity contribution is 5.76. The molecule has 1 amide bonds. The summed E-state index contributed by atoms with van der Waals surface area (Å²) >= 11 is 0. The van der Waals surface area contributed by atoms with Crippen molar-refractivity contribution in [3.05, 3.63) is 0 Å². The van der Waals surface area contributed by atoms with E-state index in [1.165, 1.54) is 0 Å². The molecule has 2 aliphatic rings. The molecular formula is C14H26N2O2. The summed E-state index contributed by atoms with van der Waals surface area (Å²) in [5, 5.41) is 0. The number of amides is 1. The van der Waals surface area contributed by atoms with Gasteiger partial charge in [-0.1, -0.05) is 0 Å². The number of nitrogens with two attached hydrogens (primary N) is 1. The monoisotopic (exact) mass is 254 g/mol. The zero-order valence-corrected chi connectivity index (χ0v) is 11.4. The van der Waals surface area contributed by atoms with Crippen molar-refractivity contribution in [2.24, 2.45) is 5.73 Å². The van der Waals surface area contributed by atoms with Crippen LogP contribution in [0.25, 0.3) is 0 Å². The zero-order chi connectivity index (χ0) is 13.0. The van der Waals surface area contributed by atoms with Crippen LogP contribution in [0.5, 0.6) is 0 Å². The van der Waals surface area contributed by atoms with Gasteiger partial charge in [0.25, 0.3) is 0 Å². The van der Waals surface area contributed by atoms with Gasteiger partial charge in [-0.2, -0.15) is 0 Å². The summed E-state index contributed by atoms with van der Waals surface area (Å²) in [4.78, 5) is 14.3. The fourth-order valence-corrected chi connectivity index (χ4v) is 3.14. The lowest BCUT2D eigenvalue weighted by molar-refractivity contribution is -0.132. The van der Waals surface area contributed by atoms with Crippen LogP contribution < -0.4 is 5.73 Å². The molecule has 0 spiro atoms. The van der Waals surface area contributed by atoms with Gasteiger partial charge in [-0.15, -0.1) is 0 Å². The van der Waals surface area contributed by atoms with Gasteiger partial charge in [-0.3, -0.25) is 4.79 Å². The summed E-state index contributed by atoms with van der Waals surface area (Å²) in [5.74, 6) is 0.300. The van der Waals surface area contributed by atoms with Gasteiger partial charge >= 0.3 is 0 Å². The lowest BCUT2D eigenvalue weighted by atomic mass is 10.1. The van der Waals surface area contributed by atoms with Gasteiger partial charge in [0.05, 0.1) is 6.10 Å². The van der Waals surface area contributed by atoms with Gasteiger partial charge in [0.2, 0.25) is 5.91 Å². The minimum atomic E-state index is 0.182. The fraction of sp³-hybridized carbons (Fsp3) is 0.929. The fourth-order valence-electron chi connectivity index (χ4n) is 3.14. The summed E-state index contributed by atoms with van der Waals surface area (Å²) in [6.07, 6.45) is 7.30. The molecule has 4 nitrogen and oxygen atoms in total. The Kier molecular flexibility index (Phi) is 5.01. The lowest BCUT2D eigenvalue weighted by Gasteiger charge is -2.26. The van der Waals surface area contributed by atoms with Crippen molar-refractivity contribution < 1.29 is 9.53 Å². The first-order valence-corrected chi connectivity index (χ1v) is 7.33. The molecule has 18 heavy (non-hydrogen) atoms. The predicted octanol–water partition coefficient (Wildman–Crippen LogP) is 1.67. The maximum Gasteiger partial charge on any atom is 0.222 e. The van der Waals surface area contributed by atoms with Crippen molar-refractivity contribution in [3.63, 3.8) is 0 Å². The number of rotatable bonds is 5. The smallest absolute Gasteiger partial charge is 0.222 e. The first kappa shape index (κ1) is 13.8. The average molecular weight is 254 g/mol. The highest BCUT2D eigenvalue weighted by atomic mass is 16.5. The van der Waals surface area contributed by atoms with Crippen molar-refractivity contribution in [1.82, 2.24) is 4.90 Å². The summed E-state index contributed by atoms with van der Waals surface area (Å²) in [6.45, 7) is 3.81. The molecule has 0 saturated carbocycles. The Morgan fingerprint density at radius 2 is 2.28 bits per heavy atom. The molecule has 104 valence electrons. The van der Waals surface area contributed by atoms with Gasteiger partial charge < -0.3 is 15.4 Å². The maximum atomic E-state index is 12.2. The van der Waals surface area contributed by atoms with Crippen LogP contribution in [0.4, 0.5) is 0 Å². The highest BCUT2D eigenvalue weighted by Gasteiger charge is 2.29. The first-order valence-electron chi connectivity index (χ1n) is 7.33. The van der Waals surface area contributed by atoms with E-state index in [0.717, 1.165) is 51.7 Å². The molecule has 2 aliphatic heterocycles. The summed E-state index contributed by atoms with van der Waals surface area (Å²) in [6, 6.07) is 0.559. The van der Waals surface area contributed by atoms with E-state index in [-0.39, 0.29) is 6.04 Å². The molecule has 2 heterocycles. The molecule has 3 unspecified atom stereocenters. The average Bonchev–Trinajstić information content (AvgIpc) is 2.95. The van der Waals surface area contributed by atoms with E-state index in [1.807, 2.05) is 6.92 Å². The normalized spacial score (nSPS) is 29.8. The summed E-state index contributed by atoms with van der Waals surface area (Å²) < 4.78 is 5.57. The number of ether oxygens (including phenoxy) is 1. The molecule has 2 N–H and O–H groups in total. The Labute approximate surface area is 110 Å². The second-order valence-corrected chi connectivity index (χ2v) is 5.77. The molecule has 0 aliphatic carbocycles. The van der Waals surface area contributed by atoms with Crippen molar-refractivity contribution >= 4 is 5.91 Å². The molecular weight excluding hydrogens is 228 g/mol. The van der Waals surface area contributed by atoms with Gasteiger partial charge in [-0.25, -0.2) is 0 Å².